The van der Waals surface area contributed by atoms with E-state index < -0.39 is 22.9 Å². The van der Waals surface area contributed by atoms with E-state index >= 15 is 0 Å². The van der Waals surface area contributed by atoms with Gasteiger partial charge in [-0.1, -0.05) is 47.3 Å². The van der Waals surface area contributed by atoms with Crippen molar-refractivity contribution >= 4 is 33.5 Å². The minimum atomic E-state index is -1.06. The second-order valence-electron chi connectivity index (χ2n) is 7.35. The van der Waals surface area contributed by atoms with Gasteiger partial charge in [0.1, 0.15) is 5.41 Å². The van der Waals surface area contributed by atoms with Crippen LogP contribution in [0.5, 0.6) is 0 Å². The first-order valence-electron chi connectivity index (χ1n) is 8.35. The number of benzene rings is 1. The number of halogens is 1. The standard InChI is InChI=1S/C19H21BrO4/c1-18(2)15(14(21)12-6-8-13(20)9-7-12)24-17(23)19(16(18)22)10-4-3-5-11-19/h6-9,15H,3-5,10-11H2,1-2H3/t15-/m1/s1. The molecule has 0 amide bonds. The Bertz CT molecular complexity index is 684. The van der Waals surface area contributed by atoms with Gasteiger partial charge in [-0.25, -0.2) is 0 Å². The fraction of sp³-hybridized carbons (Fsp3) is 0.526. The highest BCUT2D eigenvalue weighted by Crippen LogP contribution is 2.49. The minimum Gasteiger partial charge on any atom is -0.452 e. The zero-order valence-corrected chi connectivity index (χ0v) is 15.5. The Morgan fingerprint density at radius 2 is 1.67 bits per heavy atom. The van der Waals surface area contributed by atoms with E-state index in [0.29, 0.717) is 18.4 Å². The normalized spacial score (nSPS) is 25.4. The summed E-state index contributed by atoms with van der Waals surface area (Å²) in [4.78, 5) is 38.7. The molecule has 2 aliphatic rings. The third kappa shape index (κ3) is 2.63. The molecule has 5 heteroatoms. The van der Waals surface area contributed by atoms with Crippen molar-refractivity contribution in [3.8, 4) is 0 Å². The molecule has 1 heterocycles. The second-order valence-corrected chi connectivity index (χ2v) is 8.27. The monoisotopic (exact) mass is 392 g/mol. The number of carbonyl (C=O) groups is 3. The van der Waals surface area contributed by atoms with Gasteiger partial charge in [-0.2, -0.15) is 0 Å². The van der Waals surface area contributed by atoms with Crippen molar-refractivity contribution in [2.75, 3.05) is 0 Å². The second kappa shape index (κ2) is 6.10. The number of ether oxygens (including phenoxy) is 1. The number of rotatable bonds is 2. The van der Waals surface area contributed by atoms with Crippen molar-refractivity contribution < 1.29 is 19.1 Å². The highest BCUT2D eigenvalue weighted by atomic mass is 79.9. The fourth-order valence-electron chi connectivity index (χ4n) is 3.93. The van der Waals surface area contributed by atoms with E-state index in [1.807, 2.05) is 0 Å². The van der Waals surface area contributed by atoms with Crippen LogP contribution in [0.15, 0.2) is 28.7 Å². The van der Waals surface area contributed by atoms with Crippen LogP contribution < -0.4 is 0 Å². The molecule has 0 unspecified atom stereocenters. The summed E-state index contributed by atoms with van der Waals surface area (Å²) >= 11 is 3.33. The average Bonchev–Trinajstić information content (AvgIpc) is 2.58. The van der Waals surface area contributed by atoms with Gasteiger partial charge in [0.2, 0.25) is 5.78 Å². The summed E-state index contributed by atoms with van der Waals surface area (Å²) in [5.74, 6) is -0.969. The molecule has 24 heavy (non-hydrogen) atoms. The number of esters is 1. The summed E-state index contributed by atoms with van der Waals surface area (Å²) in [5, 5.41) is 0. The lowest BCUT2D eigenvalue weighted by Crippen LogP contribution is -2.60. The lowest BCUT2D eigenvalue weighted by Gasteiger charge is -2.46. The Labute approximate surface area is 150 Å². The first kappa shape index (κ1) is 17.3. The number of cyclic esters (lactones) is 1. The molecular formula is C19H21BrO4. The SMILES string of the molecule is CC1(C)C(=O)C2(CCCCC2)C(=O)O[C@@H]1C(=O)c1ccc(Br)cc1. The van der Waals surface area contributed by atoms with Crippen LogP contribution in [0.25, 0.3) is 0 Å². The highest BCUT2D eigenvalue weighted by Gasteiger charge is 2.61. The van der Waals surface area contributed by atoms with Crippen LogP contribution >= 0.6 is 15.9 Å². The lowest BCUT2D eigenvalue weighted by molar-refractivity contribution is -0.186. The predicted octanol–water partition coefficient (Wildman–Crippen LogP) is 4.10. The van der Waals surface area contributed by atoms with Crippen LogP contribution in [0.4, 0.5) is 0 Å². The molecule has 2 fully saturated rings. The first-order valence-corrected chi connectivity index (χ1v) is 9.14. The molecule has 1 saturated carbocycles. The topological polar surface area (TPSA) is 60.4 Å². The zero-order valence-electron chi connectivity index (χ0n) is 13.9. The Kier molecular flexibility index (Phi) is 4.41. The van der Waals surface area contributed by atoms with Gasteiger partial charge >= 0.3 is 5.97 Å². The van der Waals surface area contributed by atoms with Gasteiger partial charge in [0.15, 0.2) is 11.9 Å². The molecule has 1 aromatic carbocycles. The number of carbonyl (C=O) groups excluding carboxylic acids is 3. The average molecular weight is 393 g/mol. The van der Waals surface area contributed by atoms with Crippen LogP contribution in [-0.4, -0.2) is 23.6 Å². The van der Waals surface area contributed by atoms with Crippen LogP contribution in [0.1, 0.15) is 56.3 Å². The quantitative estimate of drug-likeness (QED) is 0.431. The maximum Gasteiger partial charge on any atom is 0.320 e. The Morgan fingerprint density at radius 3 is 2.25 bits per heavy atom. The third-order valence-corrected chi connectivity index (χ3v) is 5.89. The highest BCUT2D eigenvalue weighted by molar-refractivity contribution is 9.10. The molecule has 3 rings (SSSR count). The van der Waals surface area contributed by atoms with Gasteiger partial charge in [0.05, 0.1) is 5.41 Å². The van der Waals surface area contributed by atoms with E-state index in [1.54, 1.807) is 38.1 Å². The number of Topliss-reactive ketones (excluding diaryl/α,β-unsaturated/α-hetero) is 2. The predicted molar refractivity (Wildman–Crippen MR) is 92.7 cm³/mol. The molecule has 1 aliphatic carbocycles. The molecule has 0 aromatic heterocycles. The Hall–Kier alpha value is -1.49. The summed E-state index contributed by atoms with van der Waals surface area (Å²) in [5.41, 5.74) is -1.62. The molecule has 0 radical (unpaired) electrons. The molecule has 1 aliphatic heterocycles. The minimum absolute atomic E-state index is 0.138. The fourth-order valence-corrected chi connectivity index (χ4v) is 4.19. The van der Waals surface area contributed by atoms with E-state index in [9.17, 15) is 14.4 Å². The summed E-state index contributed by atoms with van der Waals surface area (Å²) in [6.45, 7) is 3.44. The van der Waals surface area contributed by atoms with Crippen molar-refractivity contribution in [1.82, 2.24) is 0 Å². The van der Waals surface area contributed by atoms with E-state index in [-0.39, 0.29) is 11.6 Å². The first-order chi connectivity index (χ1) is 11.3. The Morgan fingerprint density at radius 1 is 1.08 bits per heavy atom. The molecule has 0 N–H and O–H groups in total. The van der Waals surface area contributed by atoms with E-state index in [2.05, 4.69) is 15.9 Å². The maximum atomic E-state index is 13.2. The van der Waals surface area contributed by atoms with Gasteiger partial charge in [-0.05, 0) is 38.8 Å². The maximum absolute atomic E-state index is 13.2. The van der Waals surface area contributed by atoms with E-state index in [1.165, 1.54) is 0 Å². The number of hydrogen-bond donors (Lipinski definition) is 0. The van der Waals surface area contributed by atoms with Crippen molar-refractivity contribution in [3.63, 3.8) is 0 Å². The third-order valence-electron chi connectivity index (χ3n) is 5.36. The van der Waals surface area contributed by atoms with Crippen LogP contribution in [0, 0.1) is 10.8 Å². The van der Waals surface area contributed by atoms with Gasteiger partial charge < -0.3 is 4.74 Å². The Balaban J connectivity index is 1.94. The summed E-state index contributed by atoms with van der Waals surface area (Å²) in [7, 11) is 0. The zero-order chi connectivity index (χ0) is 17.5. The molecule has 4 nitrogen and oxygen atoms in total. The van der Waals surface area contributed by atoms with Crippen molar-refractivity contribution in [3.05, 3.63) is 34.3 Å². The number of ketones is 2. The lowest BCUT2D eigenvalue weighted by atomic mass is 9.60. The van der Waals surface area contributed by atoms with Crippen molar-refractivity contribution in [2.24, 2.45) is 10.8 Å². The summed E-state index contributed by atoms with van der Waals surface area (Å²) in [6.07, 6.45) is 2.74. The van der Waals surface area contributed by atoms with Crippen molar-refractivity contribution in [2.45, 2.75) is 52.1 Å². The number of hydrogen-bond acceptors (Lipinski definition) is 4. The summed E-state index contributed by atoms with van der Waals surface area (Å²) in [6, 6.07) is 6.86. The molecule has 1 aromatic rings. The van der Waals surface area contributed by atoms with Crippen LogP contribution in [0.3, 0.4) is 0 Å². The molecule has 128 valence electrons. The van der Waals surface area contributed by atoms with Crippen molar-refractivity contribution in [1.29, 1.82) is 0 Å². The molecular weight excluding hydrogens is 372 g/mol. The van der Waals surface area contributed by atoms with Gasteiger partial charge in [-0.3, -0.25) is 14.4 Å². The largest absolute Gasteiger partial charge is 0.452 e. The van der Waals surface area contributed by atoms with Gasteiger partial charge in [0.25, 0.3) is 0 Å². The van der Waals surface area contributed by atoms with Crippen LogP contribution in [-0.2, 0) is 14.3 Å². The molecule has 1 saturated heterocycles. The molecule has 0 bridgehead atoms. The molecule has 1 atom stereocenters. The smallest absolute Gasteiger partial charge is 0.320 e. The van der Waals surface area contributed by atoms with E-state index in [4.69, 9.17) is 4.74 Å². The van der Waals surface area contributed by atoms with E-state index in [0.717, 1.165) is 23.7 Å². The van der Waals surface area contributed by atoms with Gasteiger partial charge in [-0.15, -0.1) is 0 Å². The van der Waals surface area contributed by atoms with Gasteiger partial charge in [0, 0.05) is 10.0 Å². The van der Waals surface area contributed by atoms with Crippen LogP contribution in [0.2, 0.25) is 0 Å². The summed E-state index contributed by atoms with van der Waals surface area (Å²) < 4.78 is 6.45. The molecule has 1 spiro atoms.